The van der Waals surface area contributed by atoms with Gasteiger partial charge in [-0.05, 0) is 51.9 Å². The predicted molar refractivity (Wildman–Crippen MR) is 176 cm³/mol. The van der Waals surface area contributed by atoms with Crippen LogP contribution in [0, 0.1) is 0 Å². The number of anilines is 6. The Labute approximate surface area is 264 Å². The SMILES string of the molecule is O=S(=O)(O)c1c(C=Cc2ccccc2)ccc(N(Nc2ccccc2)c2ccnnn2)c1N(Nc1ccccc1)c1ccnnn1. The maximum absolute atomic E-state index is 13.5. The molecule has 14 heteroatoms. The fraction of sp³-hybridized carbons (Fsp3) is 0. The van der Waals surface area contributed by atoms with E-state index in [1.807, 2.05) is 78.9 Å². The molecule has 6 aromatic rings. The molecule has 2 aromatic heterocycles. The number of rotatable bonds is 11. The van der Waals surface area contributed by atoms with Gasteiger partial charge in [0.2, 0.25) is 0 Å². The van der Waals surface area contributed by atoms with Crippen LogP contribution < -0.4 is 20.9 Å². The summed E-state index contributed by atoms with van der Waals surface area (Å²) in [5.74, 6) is 0.448. The van der Waals surface area contributed by atoms with Crippen molar-refractivity contribution in [1.82, 2.24) is 30.8 Å². The van der Waals surface area contributed by atoms with Crippen molar-refractivity contribution in [2.24, 2.45) is 0 Å². The lowest BCUT2D eigenvalue weighted by Gasteiger charge is -2.33. The van der Waals surface area contributed by atoms with Gasteiger partial charge in [-0.2, -0.15) is 8.42 Å². The minimum Gasteiger partial charge on any atom is -0.292 e. The predicted octanol–water partition coefficient (Wildman–Crippen LogP) is 5.80. The van der Waals surface area contributed by atoms with Gasteiger partial charge in [0, 0.05) is 12.1 Å². The zero-order valence-electron chi connectivity index (χ0n) is 24.0. The molecule has 228 valence electrons. The molecule has 0 aliphatic heterocycles. The molecule has 6 rings (SSSR count). The third kappa shape index (κ3) is 6.93. The van der Waals surface area contributed by atoms with Gasteiger partial charge >= 0.3 is 0 Å². The highest BCUT2D eigenvalue weighted by atomic mass is 32.2. The van der Waals surface area contributed by atoms with Crippen LogP contribution in [0.2, 0.25) is 0 Å². The van der Waals surface area contributed by atoms with E-state index < -0.39 is 15.0 Å². The zero-order valence-corrected chi connectivity index (χ0v) is 24.8. The smallest absolute Gasteiger partial charge is 0.292 e. The van der Waals surface area contributed by atoms with Gasteiger partial charge in [0.05, 0.1) is 29.5 Å². The first-order valence-corrected chi connectivity index (χ1v) is 15.3. The molecule has 0 aliphatic rings. The number of benzene rings is 4. The average molecular weight is 631 g/mol. The van der Waals surface area contributed by atoms with Gasteiger partial charge in [-0.25, -0.2) is 10.0 Å². The fourth-order valence-corrected chi connectivity index (χ4v) is 5.46. The Morgan fingerprint density at radius 2 is 1.13 bits per heavy atom. The molecule has 3 N–H and O–H groups in total. The van der Waals surface area contributed by atoms with Gasteiger partial charge in [0.25, 0.3) is 10.1 Å². The van der Waals surface area contributed by atoms with Crippen molar-refractivity contribution in [3.8, 4) is 0 Å². The largest absolute Gasteiger partial charge is 0.297 e. The Kier molecular flexibility index (Phi) is 8.80. The van der Waals surface area contributed by atoms with Crippen molar-refractivity contribution in [3.05, 3.63) is 139 Å². The molecule has 0 fully saturated rings. The summed E-state index contributed by atoms with van der Waals surface area (Å²) in [6, 6.07) is 34.1. The fourth-order valence-electron chi connectivity index (χ4n) is 4.59. The summed E-state index contributed by atoms with van der Waals surface area (Å²) in [7, 11) is -4.92. The quantitative estimate of drug-likeness (QED) is 0.0895. The van der Waals surface area contributed by atoms with E-state index in [2.05, 4.69) is 41.7 Å². The van der Waals surface area contributed by atoms with Gasteiger partial charge < -0.3 is 0 Å². The normalized spacial score (nSPS) is 11.2. The summed E-state index contributed by atoms with van der Waals surface area (Å²) in [5.41, 5.74) is 9.03. The van der Waals surface area contributed by atoms with Crippen molar-refractivity contribution in [2.45, 2.75) is 4.90 Å². The molecule has 0 saturated carbocycles. The minimum atomic E-state index is -4.92. The van der Waals surface area contributed by atoms with Crippen LogP contribution in [0.4, 0.5) is 34.4 Å². The van der Waals surface area contributed by atoms with E-state index in [9.17, 15) is 13.0 Å². The summed E-state index contributed by atoms with van der Waals surface area (Å²) in [4.78, 5) is -0.416. The monoisotopic (exact) mass is 630 g/mol. The van der Waals surface area contributed by atoms with Crippen LogP contribution in [-0.2, 0) is 10.1 Å². The molecule has 2 heterocycles. The molecular weight excluding hydrogens is 604 g/mol. The lowest BCUT2D eigenvalue weighted by Crippen LogP contribution is -2.33. The second-order valence-electron chi connectivity index (χ2n) is 9.65. The van der Waals surface area contributed by atoms with E-state index in [-0.39, 0.29) is 28.6 Å². The van der Waals surface area contributed by atoms with E-state index in [0.29, 0.717) is 11.4 Å². The van der Waals surface area contributed by atoms with Crippen LogP contribution in [0.1, 0.15) is 11.1 Å². The third-order valence-corrected chi connectivity index (χ3v) is 7.53. The molecule has 0 amide bonds. The number of hydrogen-bond acceptors (Lipinski definition) is 12. The molecule has 0 unspecified atom stereocenters. The molecule has 0 atom stereocenters. The van der Waals surface area contributed by atoms with E-state index >= 15 is 0 Å². The van der Waals surface area contributed by atoms with Crippen molar-refractivity contribution < 1.29 is 13.0 Å². The highest BCUT2D eigenvalue weighted by Crippen LogP contribution is 2.43. The van der Waals surface area contributed by atoms with E-state index in [1.54, 1.807) is 48.6 Å². The van der Waals surface area contributed by atoms with Crippen molar-refractivity contribution in [2.75, 3.05) is 20.9 Å². The van der Waals surface area contributed by atoms with Crippen LogP contribution in [0.5, 0.6) is 0 Å². The molecule has 0 bridgehead atoms. The average Bonchev–Trinajstić information content (AvgIpc) is 3.10. The highest BCUT2D eigenvalue weighted by molar-refractivity contribution is 7.86. The first-order chi connectivity index (χ1) is 22.5. The van der Waals surface area contributed by atoms with Crippen molar-refractivity contribution >= 4 is 56.7 Å². The van der Waals surface area contributed by atoms with E-state index in [0.717, 1.165) is 5.56 Å². The zero-order chi connectivity index (χ0) is 31.8. The maximum atomic E-state index is 13.5. The Balaban J connectivity index is 1.66. The van der Waals surface area contributed by atoms with Gasteiger partial charge in [-0.1, -0.05) is 84.9 Å². The topological polar surface area (TPSA) is 162 Å². The molecule has 4 aromatic carbocycles. The van der Waals surface area contributed by atoms with Crippen LogP contribution in [0.15, 0.2) is 133 Å². The second kappa shape index (κ2) is 13.6. The van der Waals surface area contributed by atoms with Crippen LogP contribution in [0.25, 0.3) is 12.2 Å². The lowest BCUT2D eigenvalue weighted by atomic mass is 10.1. The third-order valence-electron chi connectivity index (χ3n) is 6.58. The molecule has 0 spiro atoms. The Morgan fingerprint density at radius 3 is 1.65 bits per heavy atom. The minimum absolute atomic E-state index is 0.0101. The number of hydrogen-bond donors (Lipinski definition) is 3. The van der Waals surface area contributed by atoms with Gasteiger partial charge in [-0.15, -0.1) is 20.4 Å². The Hall–Kier alpha value is -6.25. The lowest BCUT2D eigenvalue weighted by molar-refractivity contribution is 0.483. The number of aromatic nitrogens is 6. The highest BCUT2D eigenvalue weighted by Gasteiger charge is 2.32. The van der Waals surface area contributed by atoms with Crippen LogP contribution in [0.3, 0.4) is 0 Å². The number of para-hydroxylation sites is 2. The summed E-state index contributed by atoms with van der Waals surface area (Å²) in [6.45, 7) is 0. The van der Waals surface area contributed by atoms with Crippen molar-refractivity contribution in [3.63, 3.8) is 0 Å². The number of nitrogens with one attached hydrogen (secondary N) is 2. The molecule has 0 saturated heterocycles. The molecule has 0 radical (unpaired) electrons. The number of nitrogens with zero attached hydrogens (tertiary/aromatic N) is 8. The van der Waals surface area contributed by atoms with Crippen LogP contribution in [-0.4, -0.2) is 43.8 Å². The van der Waals surface area contributed by atoms with Gasteiger partial charge in [0.1, 0.15) is 10.6 Å². The first-order valence-electron chi connectivity index (χ1n) is 13.9. The summed E-state index contributed by atoms with van der Waals surface area (Å²) in [6.07, 6.45) is 6.24. The Bertz CT molecular complexity index is 2020. The molecule has 46 heavy (non-hydrogen) atoms. The molecule has 0 aliphatic carbocycles. The first kappa shape index (κ1) is 29.8. The standard InChI is InChI=1S/C32H26N10O3S/c43-46(44,45)32-25(17-16-24-10-4-1-5-11-24)18-19-28(41(29-20-22-33-39-35-29)37-26-12-6-2-7-13-26)31(32)42(30-21-23-34-40-36-30)38-27-14-8-3-9-15-27/h1-23,37-38H,(H,43,44,45). The van der Waals surface area contributed by atoms with E-state index in [1.165, 1.54) is 22.4 Å². The number of hydrazine groups is 2. The second-order valence-corrected chi connectivity index (χ2v) is 11.0. The molecule has 13 nitrogen and oxygen atoms in total. The van der Waals surface area contributed by atoms with Gasteiger partial charge in [0.15, 0.2) is 11.6 Å². The molecular formula is C32H26N10O3S. The van der Waals surface area contributed by atoms with Gasteiger partial charge in [-0.3, -0.25) is 15.4 Å². The van der Waals surface area contributed by atoms with E-state index in [4.69, 9.17) is 0 Å². The van der Waals surface area contributed by atoms with Crippen LogP contribution >= 0.6 is 0 Å². The Morgan fingerprint density at radius 1 is 0.609 bits per heavy atom. The summed E-state index contributed by atoms with van der Waals surface area (Å²) < 4.78 is 37.9. The summed E-state index contributed by atoms with van der Waals surface area (Å²) in [5, 5.41) is 26.5. The summed E-state index contributed by atoms with van der Waals surface area (Å²) >= 11 is 0. The maximum Gasteiger partial charge on any atom is 0.297 e. The van der Waals surface area contributed by atoms with Crippen molar-refractivity contribution in [1.29, 1.82) is 0 Å².